The third-order valence-electron chi connectivity index (χ3n) is 2.42. The Morgan fingerprint density at radius 2 is 2.19 bits per heavy atom. The predicted octanol–water partition coefficient (Wildman–Crippen LogP) is 2.12. The molecule has 1 aromatic carbocycles. The average Bonchev–Trinajstić information content (AvgIpc) is 2.58. The van der Waals surface area contributed by atoms with Crippen LogP contribution >= 0.6 is 0 Å². The number of ether oxygens (including phenoxy) is 1. The van der Waals surface area contributed by atoms with Gasteiger partial charge in [-0.1, -0.05) is 6.07 Å². The number of nitrogen functional groups attached to an aromatic ring is 1. The molecule has 84 valence electrons. The van der Waals surface area contributed by atoms with E-state index < -0.39 is 5.82 Å². The molecule has 3 N–H and O–H groups in total. The van der Waals surface area contributed by atoms with Gasteiger partial charge >= 0.3 is 0 Å². The fourth-order valence-electron chi connectivity index (χ4n) is 1.63. The highest BCUT2D eigenvalue weighted by Crippen LogP contribution is 2.30. The molecule has 0 spiro atoms. The molecule has 0 saturated carbocycles. The Morgan fingerprint density at radius 3 is 2.69 bits per heavy atom. The molecule has 0 bridgehead atoms. The van der Waals surface area contributed by atoms with Crippen molar-refractivity contribution in [1.82, 2.24) is 10.2 Å². The molecule has 0 aliphatic rings. The third kappa shape index (κ3) is 1.60. The maximum atomic E-state index is 13.5. The molecular weight excluding hydrogens is 209 g/mol. The molecular formula is C11H12FN3O. The molecule has 0 unspecified atom stereocenters. The first-order chi connectivity index (χ1) is 7.63. The maximum absolute atomic E-state index is 13.5. The molecule has 0 atom stereocenters. The van der Waals surface area contributed by atoms with E-state index in [1.54, 1.807) is 12.1 Å². The average molecular weight is 221 g/mol. The van der Waals surface area contributed by atoms with E-state index in [9.17, 15) is 4.39 Å². The Labute approximate surface area is 92.2 Å². The zero-order chi connectivity index (χ0) is 11.7. The summed E-state index contributed by atoms with van der Waals surface area (Å²) in [5.41, 5.74) is 7.91. The van der Waals surface area contributed by atoms with Crippen LogP contribution in [0.4, 0.5) is 10.2 Å². The van der Waals surface area contributed by atoms with Crippen molar-refractivity contribution in [2.45, 2.75) is 6.92 Å². The second kappa shape index (κ2) is 3.84. The van der Waals surface area contributed by atoms with Crippen LogP contribution < -0.4 is 10.5 Å². The number of H-pyrrole nitrogens is 1. The Kier molecular flexibility index (Phi) is 2.52. The second-order valence-corrected chi connectivity index (χ2v) is 3.46. The summed E-state index contributed by atoms with van der Waals surface area (Å²) in [5, 5.41) is 6.62. The van der Waals surface area contributed by atoms with Crippen LogP contribution in [-0.4, -0.2) is 17.3 Å². The summed E-state index contributed by atoms with van der Waals surface area (Å²) < 4.78 is 18.4. The van der Waals surface area contributed by atoms with E-state index in [-0.39, 0.29) is 5.75 Å². The molecule has 5 heteroatoms. The smallest absolute Gasteiger partial charge is 0.165 e. The number of methoxy groups -OCH3 is 1. The van der Waals surface area contributed by atoms with Gasteiger partial charge in [0.15, 0.2) is 17.4 Å². The molecule has 0 radical (unpaired) electrons. The van der Waals surface area contributed by atoms with Crippen LogP contribution in [0.1, 0.15) is 5.69 Å². The van der Waals surface area contributed by atoms with E-state index in [1.807, 2.05) is 6.92 Å². The molecule has 2 rings (SSSR count). The number of aromatic amines is 1. The van der Waals surface area contributed by atoms with Crippen molar-refractivity contribution in [3.05, 3.63) is 29.7 Å². The van der Waals surface area contributed by atoms with E-state index in [4.69, 9.17) is 10.5 Å². The quantitative estimate of drug-likeness (QED) is 0.816. The lowest BCUT2D eigenvalue weighted by atomic mass is 10.1. The number of aromatic nitrogens is 2. The summed E-state index contributed by atoms with van der Waals surface area (Å²) in [4.78, 5) is 0. The van der Waals surface area contributed by atoms with Gasteiger partial charge in [0.25, 0.3) is 0 Å². The number of hydrogen-bond acceptors (Lipinski definition) is 3. The van der Waals surface area contributed by atoms with Gasteiger partial charge in [0.05, 0.1) is 7.11 Å². The van der Waals surface area contributed by atoms with Crippen molar-refractivity contribution >= 4 is 5.82 Å². The van der Waals surface area contributed by atoms with Crippen LogP contribution in [0.2, 0.25) is 0 Å². The van der Waals surface area contributed by atoms with Crippen LogP contribution in [0.25, 0.3) is 11.1 Å². The molecule has 1 heterocycles. The molecule has 2 aromatic rings. The third-order valence-corrected chi connectivity index (χ3v) is 2.42. The monoisotopic (exact) mass is 221 g/mol. The van der Waals surface area contributed by atoms with Crippen LogP contribution in [-0.2, 0) is 0 Å². The summed E-state index contributed by atoms with van der Waals surface area (Å²) in [7, 11) is 1.43. The fraction of sp³-hybridized carbons (Fsp3) is 0.182. The number of nitrogens with zero attached hydrogens (tertiary/aromatic N) is 1. The molecule has 0 saturated heterocycles. The zero-order valence-corrected chi connectivity index (χ0v) is 9.04. The van der Waals surface area contributed by atoms with Gasteiger partial charge in [0.2, 0.25) is 0 Å². The number of halogens is 1. The Morgan fingerprint density at radius 1 is 1.44 bits per heavy atom. The van der Waals surface area contributed by atoms with Crippen molar-refractivity contribution in [3.8, 4) is 16.9 Å². The lowest BCUT2D eigenvalue weighted by Crippen LogP contribution is -1.91. The van der Waals surface area contributed by atoms with Gasteiger partial charge in [-0.3, -0.25) is 5.10 Å². The predicted molar refractivity (Wildman–Crippen MR) is 59.7 cm³/mol. The van der Waals surface area contributed by atoms with Gasteiger partial charge in [-0.15, -0.1) is 0 Å². The van der Waals surface area contributed by atoms with E-state index in [1.165, 1.54) is 13.2 Å². The van der Waals surface area contributed by atoms with Crippen molar-refractivity contribution in [3.63, 3.8) is 0 Å². The summed E-state index contributed by atoms with van der Waals surface area (Å²) in [6.45, 7) is 1.83. The fourth-order valence-corrected chi connectivity index (χ4v) is 1.63. The minimum atomic E-state index is -0.417. The normalized spacial score (nSPS) is 10.4. The number of rotatable bonds is 2. The van der Waals surface area contributed by atoms with Crippen LogP contribution in [0.3, 0.4) is 0 Å². The van der Waals surface area contributed by atoms with Gasteiger partial charge in [0, 0.05) is 11.3 Å². The molecule has 1 aromatic heterocycles. The molecule has 16 heavy (non-hydrogen) atoms. The first-order valence-electron chi connectivity index (χ1n) is 4.78. The molecule has 0 aliphatic heterocycles. The first-order valence-corrected chi connectivity index (χ1v) is 4.78. The van der Waals surface area contributed by atoms with E-state index >= 15 is 0 Å². The number of nitrogens with one attached hydrogen (secondary N) is 1. The highest BCUT2D eigenvalue weighted by molar-refractivity contribution is 5.76. The molecule has 0 amide bonds. The Balaban J connectivity index is 2.53. The van der Waals surface area contributed by atoms with Crippen molar-refractivity contribution in [2.24, 2.45) is 0 Å². The molecule has 0 aliphatic carbocycles. The molecule has 4 nitrogen and oxygen atoms in total. The first kappa shape index (κ1) is 10.5. The minimum absolute atomic E-state index is 0.212. The maximum Gasteiger partial charge on any atom is 0.165 e. The van der Waals surface area contributed by atoms with Crippen LogP contribution in [0.15, 0.2) is 18.2 Å². The van der Waals surface area contributed by atoms with Crippen molar-refractivity contribution in [2.75, 3.05) is 12.8 Å². The summed E-state index contributed by atoms with van der Waals surface area (Å²) in [5.74, 6) is 0.158. The largest absolute Gasteiger partial charge is 0.494 e. The van der Waals surface area contributed by atoms with E-state index in [0.29, 0.717) is 11.4 Å². The Hall–Kier alpha value is -2.04. The lowest BCUT2D eigenvalue weighted by molar-refractivity contribution is 0.386. The van der Waals surface area contributed by atoms with Crippen molar-refractivity contribution < 1.29 is 9.13 Å². The number of anilines is 1. The number of benzene rings is 1. The summed E-state index contributed by atoms with van der Waals surface area (Å²) >= 11 is 0. The minimum Gasteiger partial charge on any atom is -0.494 e. The van der Waals surface area contributed by atoms with Gasteiger partial charge < -0.3 is 10.5 Å². The standard InChI is InChI=1S/C11H12FN3O/c1-6-10(11(13)15-14-6)7-3-4-9(16-2)8(12)5-7/h3-5H,1-2H3,(H3,13,14,15). The van der Waals surface area contributed by atoms with E-state index in [0.717, 1.165) is 11.3 Å². The van der Waals surface area contributed by atoms with Gasteiger partial charge in [-0.25, -0.2) is 4.39 Å². The Bertz CT molecular complexity index is 502. The number of aryl methyl sites for hydroxylation is 1. The highest BCUT2D eigenvalue weighted by Gasteiger charge is 2.12. The second-order valence-electron chi connectivity index (χ2n) is 3.46. The number of nitrogens with two attached hydrogens (primary N) is 1. The van der Waals surface area contributed by atoms with Crippen molar-refractivity contribution in [1.29, 1.82) is 0 Å². The summed E-state index contributed by atoms with van der Waals surface area (Å²) in [6.07, 6.45) is 0. The van der Waals surface area contributed by atoms with Crippen LogP contribution in [0, 0.1) is 12.7 Å². The molecule has 0 fully saturated rings. The van der Waals surface area contributed by atoms with Crippen LogP contribution in [0.5, 0.6) is 5.75 Å². The zero-order valence-electron chi connectivity index (χ0n) is 9.04. The highest BCUT2D eigenvalue weighted by atomic mass is 19.1. The van der Waals surface area contributed by atoms with Gasteiger partial charge in [-0.2, -0.15) is 5.10 Å². The van der Waals surface area contributed by atoms with E-state index in [2.05, 4.69) is 10.2 Å². The summed E-state index contributed by atoms with van der Waals surface area (Å²) in [6, 6.07) is 4.69. The lowest BCUT2D eigenvalue weighted by Gasteiger charge is -2.05. The van der Waals surface area contributed by atoms with Gasteiger partial charge in [0.1, 0.15) is 0 Å². The number of hydrogen-bond donors (Lipinski definition) is 2. The SMILES string of the molecule is COc1ccc(-c2c(N)n[nH]c2C)cc1F. The van der Waals surface area contributed by atoms with Gasteiger partial charge in [-0.05, 0) is 24.6 Å². The topological polar surface area (TPSA) is 63.9 Å².